The molecule has 0 aliphatic heterocycles. The second kappa shape index (κ2) is 6.70. The summed E-state index contributed by atoms with van der Waals surface area (Å²) in [5.74, 6) is -1.36. The number of hydrogen-bond acceptors (Lipinski definition) is 4. The van der Waals surface area contributed by atoms with Gasteiger partial charge in [-0.1, -0.05) is 30.3 Å². The number of aromatic carboxylic acids is 1. The number of furan rings is 1. The molecule has 2 N–H and O–H groups in total. The number of rotatable bonds is 6. The topological polar surface area (TPSA) is 96.6 Å². The van der Waals surface area contributed by atoms with Crippen molar-refractivity contribution >= 4 is 27.0 Å². The molecule has 0 amide bonds. The van der Waals surface area contributed by atoms with Crippen LogP contribution in [0, 0.1) is 6.92 Å². The number of benzene rings is 2. The lowest BCUT2D eigenvalue weighted by Crippen LogP contribution is -2.25. The van der Waals surface area contributed by atoms with Gasteiger partial charge in [0.15, 0.2) is 0 Å². The van der Waals surface area contributed by atoms with Crippen LogP contribution in [0.2, 0.25) is 0 Å². The second-order valence-electron chi connectivity index (χ2n) is 5.65. The van der Waals surface area contributed by atoms with Gasteiger partial charge in [0, 0.05) is 17.5 Å². The second-order valence-corrected chi connectivity index (χ2v) is 7.42. The Morgan fingerprint density at radius 3 is 2.56 bits per heavy atom. The van der Waals surface area contributed by atoms with E-state index in [9.17, 15) is 13.2 Å². The Morgan fingerprint density at radius 1 is 1.16 bits per heavy atom. The Hall–Kier alpha value is -2.64. The maximum absolute atomic E-state index is 12.5. The van der Waals surface area contributed by atoms with Crippen LogP contribution in [0.3, 0.4) is 0 Å². The average Bonchev–Trinajstić information content (AvgIpc) is 2.92. The van der Waals surface area contributed by atoms with E-state index in [0.29, 0.717) is 23.0 Å². The first kappa shape index (κ1) is 17.2. The average molecular weight is 359 g/mol. The van der Waals surface area contributed by atoms with Crippen molar-refractivity contribution in [2.45, 2.75) is 18.2 Å². The molecule has 0 saturated carbocycles. The summed E-state index contributed by atoms with van der Waals surface area (Å²) < 4.78 is 32.7. The lowest BCUT2D eigenvalue weighted by molar-refractivity contribution is 0.0664. The van der Waals surface area contributed by atoms with Gasteiger partial charge in [0.25, 0.3) is 0 Å². The Morgan fingerprint density at radius 2 is 1.88 bits per heavy atom. The molecule has 0 aliphatic rings. The molecule has 25 heavy (non-hydrogen) atoms. The van der Waals surface area contributed by atoms with Gasteiger partial charge in [-0.15, -0.1) is 0 Å². The van der Waals surface area contributed by atoms with E-state index in [1.54, 1.807) is 6.92 Å². The zero-order valence-corrected chi connectivity index (χ0v) is 14.3. The maximum atomic E-state index is 12.5. The first-order valence-electron chi connectivity index (χ1n) is 7.68. The number of carboxylic acid groups (broad SMARTS) is 1. The summed E-state index contributed by atoms with van der Waals surface area (Å²) >= 11 is 0. The molecule has 130 valence electrons. The lowest BCUT2D eigenvalue weighted by atomic mass is 10.1. The molecule has 3 aromatic rings. The van der Waals surface area contributed by atoms with Crippen LogP contribution in [0.5, 0.6) is 0 Å². The van der Waals surface area contributed by atoms with E-state index in [1.807, 2.05) is 30.3 Å². The van der Waals surface area contributed by atoms with Gasteiger partial charge in [0.05, 0.1) is 4.90 Å². The van der Waals surface area contributed by atoms with Crippen LogP contribution in [-0.2, 0) is 16.4 Å². The van der Waals surface area contributed by atoms with Gasteiger partial charge in [0.2, 0.25) is 15.8 Å². The first-order valence-corrected chi connectivity index (χ1v) is 9.17. The van der Waals surface area contributed by atoms with Gasteiger partial charge in [-0.25, -0.2) is 17.9 Å². The SMILES string of the molecule is Cc1c(C(=O)O)oc2ccc(S(=O)(=O)NCCc3ccccc3)cc12. The summed E-state index contributed by atoms with van der Waals surface area (Å²) in [6.07, 6.45) is 0.580. The number of carbonyl (C=O) groups is 1. The molecule has 1 heterocycles. The summed E-state index contributed by atoms with van der Waals surface area (Å²) in [5.41, 5.74) is 1.79. The van der Waals surface area contributed by atoms with Crippen LogP contribution >= 0.6 is 0 Å². The third-order valence-corrected chi connectivity index (χ3v) is 5.42. The molecule has 7 heteroatoms. The van der Waals surface area contributed by atoms with E-state index in [0.717, 1.165) is 5.56 Å². The van der Waals surface area contributed by atoms with E-state index in [2.05, 4.69) is 4.72 Å². The molecule has 0 bridgehead atoms. The molecule has 0 saturated heterocycles. The minimum Gasteiger partial charge on any atom is -0.475 e. The lowest BCUT2D eigenvalue weighted by Gasteiger charge is -2.07. The highest BCUT2D eigenvalue weighted by Crippen LogP contribution is 2.27. The number of sulfonamides is 1. The molecular formula is C18H17NO5S. The molecule has 0 spiro atoms. The van der Waals surface area contributed by atoms with Crippen molar-refractivity contribution in [1.82, 2.24) is 4.72 Å². The number of carboxylic acids is 1. The third kappa shape index (κ3) is 3.57. The van der Waals surface area contributed by atoms with Crippen LogP contribution in [0.4, 0.5) is 0 Å². The Kier molecular flexibility index (Phi) is 4.61. The van der Waals surface area contributed by atoms with Crippen molar-refractivity contribution < 1.29 is 22.7 Å². The van der Waals surface area contributed by atoms with E-state index >= 15 is 0 Å². The third-order valence-electron chi connectivity index (χ3n) is 3.96. The Labute approximate surface area is 145 Å². The van der Waals surface area contributed by atoms with Crippen LogP contribution in [0.1, 0.15) is 21.7 Å². The van der Waals surface area contributed by atoms with Gasteiger partial charge in [-0.2, -0.15) is 0 Å². The zero-order valence-electron chi connectivity index (χ0n) is 13.5. The standard InChI is InChI=1S/C18H17NO5S/c1-12-15-11-14(7-8-16(15)24-17(12)18(20)21)25(22,23)19-10-9-13-5-3-2-4-6-13/h2-8,11,19H,9-10H2,1H3,(H,20,21). The fraction of sp³-hybridized carbons (Fsp3) is 0.167. The molecular weight excluding hydrogens is 342 g/mol. The van der Waals surface area contributed by atoms with Gasteiger partial charge in [-0.05, 0) is 37.1 Å². The first-order chi connectivity index (χ1) is 11.9. The van der Waals surface area contributed by atoms with Crippen molar-refractivity contribution in [3.8, 4) is 0 Å². The number of hydrogen-bond donors (Lipinski definition) is 2. The van der Waals surface area contributed by atoms with Crippen molar-refractivity contribution in [1.29, 1.82) is 0 Å². The van der Waals surface area contributed by atoms with E-state index in [1.165, 1.54) is 18.2 Å². The van der Waals surface area contributed by atoms with Crippen molar-refractivity contribution in [3.05, 3.63) is 65.4 Å². The summed E-state index contributed by atoms with van der Waals surface area (Å²) in [6.45, 7) is 1.86. The van der Waals surface area contributed by atoms with Gasteiger partial charge in [-0.3, -0.25) is 0 Å². The normalized spacial score (nSPS) is 11.7. The molecule has 2 aromatic carbocycles. The molecule has 3 rings (SSSR count). The van der Waals surface area contributed by atoms with Crippen molar-refractivity contribution in [3.63, 3.8) is 0 Å². The van der Waals surface area contributed by atoms with Crippen LogP contribution in [0.15, 0.2) is 57.8 Å². The Bertz CT molecular complexity index is 1020. The molecule has 0 atom stereocenters. The number of nitrogens with one attached hydrogen (secondary N) is 1. The number of aryl methyl sites for hydroxylation is 1. The van der Waals surface area contributed by atoms with Crippen LogP contribution in [-0.4, -0.2) is 26.0 Å². The minimum absolute atomic E-state index is 0.0777. The van der Waals surface area contributed by atoms with Crippen LogP contribution < -0.4 is 4.72 Å². The van der Waals surface area contributed by atoms with E-state index in [-0.39, 0.29) is 17.2 Å². The fourth-order valence-electron chi connectivity index (χ4n) is 2.63. The summed E-state index contributed by atoms with van der Waals surface area (Å²) in [7, 11) is -3.69. The minimum atomic E-state index is -3.69. The smallest absolute Gasteiger partial charge is 0.372 e. The van der Waals surface area contributed by atoms with Crippen LogP contribution in [0.25, 0.3) is 11.0 Å². The molecule has 0 radical (unpaired) electrons. The summed E-state index contributed by atoms with van der Waals surface area (Å²) in [5, 5.41) is 9.57. The molecule has 0 fully saturated rings. The predicted molar refractivity (Wildman–Crippen MR) is 93.2 cm³/mol. The van der Waals surface area contributed by atoms with Gasteiger partial charge >= 0.3 is 5.97 Å². The highest BCUT2D eigenvalue weighted by molar-refractivity contribution is 7.89. The number of fused-ring (bicyclic) bond motifs is 1. The van der Waals surface area contributed by atoms with Gasteiger partial charge in [0.1, 0.15) is 5.58 Å². The molecule has 0 unspecified atom stereocenters. The maximum Gasteiger partial charge on any atom is 0.372 e. The highest BCUT2D eigenvalue weighted by Gasteiger charge is 2.20. The largest absolute Gasteiger partial charge is 0.475 e. The zero-order chi connectivity index (χ0) is 18.0. The summed E-state index contributed by atoms with van der Waals surface area (Å²) in [6, 6.07) is 13.9. The molecule has 1 aromatic heterocycles. The van der Waals surface area contributed by atoms with Gasteiger partial charge < -0.3 is 9.52 Å². The monoisotopic (exact) mass is 359 g/mol. The predicted octanol–water partition coefficient (Wildman–Crippen LogP) is 2.96. The van der Waals surface area contributed by atoms with E-state index in [4.69, 9.17) is 9.52 Å². The van der Waals surface area contributed by atoms with Crippen molar-refractivity contribution in [2.24, 2.45) is 0 Å². The highest BCUT2D eigenvalue weighted by atomic mass is 32.2. The summed E-state index contributed by atoms with van der Waals surface area (Å²) in [4.78, 5) is 11.2. The molecule has 0 aliphatic carbocycles. The Balaban J connectivity index is 1.82. The fourth-order valence-corrected chi connectivity index (χ4v) is 3.69. The molecule has 6 nitrogen and oxygen atoms in total. The van der Waals surface area contributed by atoms with E-state index < -0.39 is 16.0 Å². The quantitative estimate of drug-likeness (QED) is 0.705. The van der Waals surface area contributed by atoms with Crippen molar-refractivity contribution in [2.75, 3.05) is 6.54 Å².